The van der Waals surface area contributed by atoms with E-state index >= 15 is 0 Å². The maximum absolute atomic E-state index is 13.3. The van der Waals surface area contributed by atoms with Crippen LogP contribution in [0.5, 0.6) is 11.5 Å². The predicted octanol–water partition coefficient (Wildman–Crippen LogP) is 3.23. The standard InChI is InChI=1S/C25H22N4O4/c1-32-20-9-5-17(6-10-20)15-27-28-23(30)16-29-24-19(4-3-13-26-24)14-22(25(29)31)18-7-11-21(33-2)12-8-18/h3-15H,16H2,1-2H3,(H,28,30)/b27-15+. The van der Waals surface area contributed by atoms with E-state index in [4.69, 9.17) is 9.47 Å². The SMILES string of the molecule is COc1ccc(/C=N/NC(=O)Cn2c(=O)c(-c3ccc(OC)cc3)cc3cccnc32)cc1. The van der Waals surface area contributed by atoms with Crippen molar-refractivity contribution in [2.75, 3.05) is 14.2 Å². The number of carbonyl (C=O) groups is 1. The molecule has 2 aromatic heterocycles. The number of amides is 1. The summed E-state index contributed by atoms with van der Waals surface area (Å²) in [5.74, 6) is 0.975. The highest BCUT2D eigenvalue weighted by atomic mass is 16.5. The van der Waals surface area contributed by atoms with Crippen molar-refractivity contribution in [3.05, 3.63) is 88.8 Å². The van der Waals surface area contributed by atoms with Crippen molar-refractivity contribution in [2.45, 2.75) is 6.54 Å². The predicted molar refractivity (Wildman–Crippen MR) is 127 cm³/mol. The Labute approximate surface area is 190 Å². The lowest BCUT2D eigenvalue weighted by molar-refractivity contribution is -0.121. The first-order valence-corrected chi connectivity index (χ1v) is 10.2. The molecule has 0 spiro atoms. The van der Waals surface area contributed by atoms with Gasteiger partial charge in [-0.05, 0) is 65.7 Å². The third-order valence-corrected chi connectivity index (χ3v) is 5.07. The van der Waals surface area contributed by atoms with Crippen molar-refractivity contribution in [3.63, 3.8) is 0 Å². The lowest BCUT2D eigenvalue weighted by atomic mass is 10.1. The Morgan fingerprint density at radius 1 is 1.03 bits per heavy atom. The Morgan fingerprint density at radius 2 is 1.70 bits per heavy atom. The number of carbonyl (C=O) groups excluding carboxylic acids is 1. The molecule has 1 amide bonds. The van der Waals surface area contributed by atoms with Gasteiger partial charge in [-0.15, -0.1) is 0 Å². The van der Waals surface area contributed by atoms with Crippen molar-refractivity contribution in [2.24, 2.45) is 5.10 Å². The number of hydrogen-bond donors (Lipinski definition) is 1. The van der Waals surface area contributed by atoms with Gasteiger partial charge >= 0.3 is 0 Å². The van der Waals surface area contributed by atoms with Crippen molar-refractivity contribution in [1.82, 2.24) is 15.0 Å². The maximum atomic E-state index is 13.3. The lowest BCUT2D eigenvalue weighted by Gasteiger charge is -2.12. The van der Waals surface area contributed by atoms with Crippen LogP contribution in [0.25, 0.3) is 22.2 Å². The van der Waals surface area contributed by atoms with E-state index in [0.717, 1.165) is 22.3 Å². The number of aromatic nitrogens is 2. The zero-order valence-corrected chi connectivity index (χ0v) is 18.2. The zero-order valence-electron chi connectivity index (χ0n) is 18.2. The smallest absolute Gasteiger partial charge is 0.260 e. The van der Waals surface area contributed by atoms with Crippen LogP contribution in [0.1, 0.15) is 5.56 Å². The second-order valence-electron chi connectivity index (χ2n) is 7.16. The van der Waals surface area contributed by atoms with Gasteiger partial charge in [-0.25, -0.2) is 10.4 Å². The van der Waals surface area contributed by atoms with Crippen molar-refractivity contribution < 1.29 is 14.3 Å². The van der Waals surface area contributed by atoms with E-state index in [0.29, 0.717) is 17.0 Å². The summed E-state index contributed by atoms with van der Waals surface area (Å²) < 4.78 is 11.7. The second kappa shape index (κ2) is 9.78. The minimum Gasteiger partial charge on any atom is -0.497 e. The summed E-state index contributed by atoms with van der Waals surface area (Å²) in [5.41, 5.74) is 4.56. The number of ether oxygens (including phenoxy) is 2. The minimum atomic E-state index is -0.444. The van der Waals surface area contributed by atoms with Gasteiger partial charge in [-0.3, -0.25) is 14.2 Å². The number of nitrogens with zero attached hydrogens (tertiary/aromatic N) is 3. The van der Waals surface area contributed by atoms with Crippen LogP contribution < -0.4 is 20.5 Å². The maximum Gasteiger partial charge on any atom is 0.260 e. The topological polar surface area (TPSA) is 94.8 Å². The van der Waals surface area contributed by atoms with Gasteiger partial charge in [0.15, 0.2) is 0 Å². The molecule has 0 unspecified atom stereocenters. The van der Waals surface area contributed by atoms with E-state index in [9.17, 15) is 9.59 Å². The number of hydrogen-bond acceptors (Lipinski definition) is 6. The highest BCUT2D eigenvalue weighted by molar-refractivity contribution is 5.85. The van der Waals surface area contributed by atoms with Crippen LogP contribution in [0.3, 0.4) is 0 Å². The Kier molecular flexibility index (Phi) is 6.45. The molecule has 2 heterocycles. The van der Waals surface area contributed by atoms with E-state index in [-0.39, 0.29) is 12.1 Å². The monoisotopic (exact) mass is 442 g/mol. The number of methoxy groups -OCH3 is 2. The molecular weight excluding hydrogens is 420 g/mol. The molecule has 0 radical (unpaired) electrons. The van der Waals surface area contributed by atoms with Gasteiger partial charge < -0.3 is 9.47 Å². The number of rotatable bonds is 7. The number of fused-ring (bicyclic) bond motifs is 1. The van der Waals surface area contributed by atoms with Gasteiger partial charge in [0.05, 0.1) is 20.4 Å². The van der Waals surface area contributed by atoms with Gasteiger partial charge in [-0.2, -0.15) is 5.10 Å². The molecule has 0 saturated heterocycles. The molecule has 8 heteroatoms. The molecule has 4 aromatic rings. The summed E-state index contributed by atoms with van der Waals surface area (Å²) >= 11 is 0. The van der Waals surface area contributed by atoms with Crippen molar-refractivity contribution in [3.8, 4) is 22.6 Å². The molecule has 0 atom stereocenters. The number of benzene rings is 2. The molecule has 33 heavy (non-hydrogen) atoms. The van der Waals surface area contributed by atoms with Crippen LogP contribution >= 0.6 is 0 Å². The summed E-state index contributed by atoms with van der Waals surface area (Å²) in [6.07, 6.45) is 3.11. The fourth-order valence-corrected chi connectivity index (χ4v) is 3.38. The summed E-state index contributed by atoms with van der Waals surface area (Å²) in [6, 6.07) is 19.8. The molecule has 0 bridgehead atoms. The van der Waals surface area contributed by atoms with Crippen LogP contribution in [0.2, 0.25) is 0 Å². The molecule has 0 aliphatic heterocycles. The average molecular weight is 442 g/mol. The summed E-state index contributed by atoms with van der Waals surface area (Å²) in [4.78, 5) is 30.2. The van der Waals surface area contributed by atoms with E-state index in [2.05, 4.69) is 15.5 Å². The summed E-state index contributed by atoms with van der Waals surface area (Å²) in [7, 11) is 3.17. The first-order chi connectivity index (χ1) is 16.1. The Morgan fingerprint density at radius 3 is 2.36 bits per heavy atom. The van der Waals surface area contributed by atoms with Crippen LogP contribution in [-0.2, 0) is 11.3 Å². The highest BCUT2D eigenvalue weighted by Gasteiger charge is 2.14. The van der Waals surface area contributed by atoms with Gasteiger partial charge in [0.2, 0.25) is 0 Å². The van der Waals surface area contributed by atoms with Gasteiger partial charge in [-0.1, -0.05) is 12.1 Å². The van der Waals surface area contributed by atoms with Crippen molar-refractivity contribution in [1.29, 1.82) is 0 Å². The Hall–Kier alpha value is -4.46. The molecular formula is C25H22N4O4. The minimum absolute atomic E-state index is 0.226. The largest absolute Gasteiger partial charge is 0.497 e. The summed E-state index contributed by atoms with van der Waals surface area (Å²) in [5, 5.41) is 4.74. The van der Waals surface area contributed by atoms with Gasteiger partial charge in [0, 0.05) is 17.1 Å². The van der Waals surface area contributed by atoms with Gasteiger partial charge in [0.1, 0.15) is 23.7 Å². The first-order valence-electron chi connectivity index (χ1n) is 10.2. The molecule has 0 fully saturated rings. The highest BCUT2D eigenvalue weighted by Crippen LogP contribution is 2.22. The molecule has 2 aromatic carbocycles. The summed E-state index contributed by atoms with van der Waals surface area (Å²) in [6.45, 7) is -0.226. The van der Waals surface area contributed by atoms with E-state index in [1.165, 1.54) is 10.8 Å². The van der Waals surface area contributed by atoms with Crippen LogP contribution in [0.4, 0.5) is 0 Å². The number of hydrazone groups is 1. The Balaban J connectivity index is 1.60. The quantitative estimate of drug-likeness (QED) is 0.350. The van der Waals surface area contributed by atoms with E-state index in [1.807, 2.05) is 18.2 Å². The molecule has 0 saturated carbocycles. The zero-order chi connectivity index (χ0) is 23.2. The van der Waals surface area contributed by atoms with Crippen molar-refractivity contribution >= 4 is 23.2 Å². The molecule has 166 valence electrons. The fraction of sp³-hybridized carbons (Fsp3) is 0.120. The Bertz CT molecular complexity index is 1360. The molecule has 0 aliphatic carbocycles. The average Bonchev–Trinajstić information content (AvgIpc) is 2.86. The third kappa shape index (κ3) is 4.90. The normalized spacial score (nSPS) is 11.0. The van der Waals surface area contributed by atoms with Crippen LogP contribution in [-0.4, -0.2) is 35.9 Å². The molecule has 0 aliphatic rings. The molecule has 8 nitrogen and oxygen atoms in total. The van der Waals surface area contributed by atoms with Crippen LogP contribution in [0, 0.1) is 0 Å². The van der Waals surface area contributed by atoms with E-state index < -0.39 is 5.91 Å². The van der Waals surface area contributed by atoms with Crippen LogP contribution in [0.15, 0.2) is 82.8 Å². The second-order valence-corrected chi connectivity index (χ2v) is 7.16. The fourth-order valence-electron chi connectivity index (χ4n) is 3.38. The molecule has 1 N–H and O–H groups in total. The van der Waals surface area contributed by atoms with Gasteiger partial charge in [0.25, 0.3) is 11.5 Å². The first kappa shape index (κ1) is 21.8. The number of nitrogens with one attached hydrogen (secondary N) is 1. The number of pyridine rings is 2. The molecule has 4 rings (SSSR count). The third-order valence-electron chi connectivity index (χ3n) is 5.07. The van der Waals surface area contributed by atoms with E-state index in [1.54, 1.807) is 68.9 Å². The lowest BCUT2D eigenvalue weighted by Crippen LogP contribution is -2.31.